The molecule has 0 spiro atoms. The molecular formula is C19H12F6N4O. The molecule has 3 rings (SSSR count). The first kappa shape index (κ1) is 21.2. The molecule has 1 aromatic carbocycles. The van der Waals surface area contributed by atoms with Crippen molar-refractivity contribution in [1.29, 1.82) is 0 Å². The standard InChI is InChI=1S/C19H12F6N4O/c20-18(21,22)12-7-11(8-13(9-12)19(23,24)25)10-29-17(30)15-14(3-1-4-26-15)16-27-5-2-6-28-16/h1-9H,10H2,(H,29,30). The number of amides is 1. The van der Waals surface area contributed by atoms with E-state index >= 15 is 0 Å². The third-order valence-corrected chi connectivity index (χ3v) is 3.93. The van der Waals surface area contributed by atoms with Gasteiger partial charge in [-0.3, -0.25) is 9.78 Å². The van der Waals surface area contributed by atoms with Gasteiger partial charge in [0, 0.05) is 25.1 Å². The fourth-order valence-corrected chi connectivity index (χ4v) is 2.59. The Kier molecular flexibility index (Phi) is 5.72. The monoisotopic (exact) mass is 426 g/mol. The molecule has 30 heavy (non-hydrogen) atoms. The maximum Gasteiger partial charge on any atom is 0.416 e. The summed E-state index contributed by atoms with van der Waals surface area (Å²) in [5, 5.41) is 2.29. The SMILES string of the molecule is O=C(NCc1cc(C(F)(F)F)cc(C(F)(F)F)c1)c1ncccc1-c1ncccn1. The molecule has 1 N–H and O–H groups in total. The number of pyridine rings is 1. The van der Waals surface area contributed by atoms with Crippen LogP contribution in [0.5, 0.6) is 0 Å². The molecule has 11 heteroatoms. The zero-order chi connectivity index (χ0) is 21.9. The molecule has 0 aliphatic heterocycles. The summed E-state index contributed by atoms with van der Waals surface area (Å²) >= 11 is 0. The lowest BCUT2D eigenvalue weighted by molar-refractivity contribution is -0.143. The van der Waals surface area contributed by atoms with Crippen molar-refractivity contribution >= 4 is 5.91 Å². The minimum absolute atomic E-state index is 0.0227. The second-order valence-electron chi connectivity index (χ2n) is 6.07. The van der Waals surface area contributed by atoms with Crippen LogP contribution in [0.15, 0.2) is 55.0 Å². The summed E-state index contributed by atoms with van der Waals surface area (Å²) < 4.78 is 77.8. The molecule has 156 valence electrons. The van der Waals surface area contributed by atoms with Gasteiger partial charge in [-0.2, -0.15) is 26.3 Å². The molecule has 0 aliphatic carbocycles. The highest BCUT2D eigenvalue weighted by atomic mass is 19.4. The van der Waals surface area contributed by atoms with Crippen LogP contribution in [0.3, 0.4) is 0 Å². The second kappa shape index (κ2) is 8.09. The van der Waals surface area contributed by atoms with Crippen LogP contribution in [-0.2, 0) is 18.9 Å². The van der Waals surface area contributed by atoms with Crippen LogP contribution < -0.4 is 5.32 Å². The first-order valence-corrected chi connectivity index (χ1v) is 8.34. The average Bonchev–Trinajstić information content (AvgIpc) is 2.71. The van der Waals surface area contributed by atoms with Gasteiger partial charge in [-0.1, -0.05) is 0 Å². The number of benzene rings is 1. The fourth-order valence-electron chi connectivity index (χ4n) is 2.59. The van der Waals surface area contributed by atoms with E-state index in [4.69, 9.17) is 0 Å². The average molecular weight is 426 g/mol. The number of hydrogen-bond donors (Lipinski definition) is 1. The number of carbonyl (C=O) groups is 1. The predicted molar refractivity (Wildman–Crippen MR) is 92.9 cm³/mol. The van der Waals surface area contributed by atoms with Gasteiger partial charge in [-0.25, -0.2) is 9.97 Å². The van der Waals surface area contributed by atoms with Gasteiger partial charge in [-0.05, 0) is 42.0 Å². The molecular weight excluding hydrogens is 414 g/mol. The molecule has 2 aromatic heterocycles. The number of nitrogens with one attached hydrogen (secondary N) is 1. The molecule has 0 bridgehead atoms. The van der Waals surface area contributed by atoms with Gasteiger partial charge in [0.1, 0.15) is 5.69 Å². The molecule has 5 nitrogen and oxygen atoms in total. The summed E-state index contributed by atoms with van der Waals surface area (Å²) in [6, 6.07) is 5.74. The quantitative estimate of drug-likeness (QED) is 0.624. The highest BCUT2D eigenvalue weighted by Crippen LogP contribution is 2.36. The molecule has 1 amide bonds. The smallest absolute Gasteiger partial charge is 0.347 e. The first-order valence-electron chi connectivity index (χ1n) is 8.34. The van der Waals surface area contributed by atoms with Crippen molar-refractivity contribution in [2.24, 2.45) is 0 Å². The highest BCUT2D eigenvalue weighted by Gasteiger charge is 2.36. The lowest BCUT2D eigenvalue weighted by atomic mass is 10.0. The van der Waals surface area contributed by atoms with Crippen molar-refractivity contribution in [2.75, 3.05) is 0 Å². The maximum absolute atomic E-state index is 13.0. The molecule has 0 atom stereocenters. The van der Waals surface area contributed by atoms with Crippen LogP contribution in [0.1, 0.15) is 27.2 Å². The third-order valence-electron chi connectivity index (χ3n) is 3.93. The van der Waals surface area contributed by atoms with Gasteiger partial charge in [0.25, 0.3) is 5.91 Å². The molecule has 0 saturated heterocycles. The summed E-state index contributed by atoms with van der Waals surface area (Å²) in [5.74, 6) is -0.613. The Balaban J connectivity index is 1.87. The van der Waals surface area contributed by atoms with Crippen LogP contribution in [0.25, 0.3) is 11.4 Å². The summed E-state index contributed by atoms with van der Waals surface area (Å²) in [4.78, 5) is 24.4. The Labute approximate surface area is 165 Å². The lowest BCUT2D eigenvalue weighted by Gasteiger charge is -2.15. The Bertz CT molecular complexity index is 1020. The van der Waals surface area contributed by atoms with E-state index < -0.39 is 35.9 Å². The van der Waals surface area contributed by atoms with Gasteiger partial charge < -0.3 is 5.32 Å². The largest absolute Gasteiger partial charge is 0.416 e. The van der Waals surface area contributed by atoms with Gasteiger partial charge >= 0.3 is 12.4 Å². The number of carbonyl (C=O) groups excluding carboxylic acids is 1. The topological polar surface area (TPSA) is 67.8 Å². The van der Waals surface area contributed by atoms with Crippen molar-refractivity contribution in [3.05, 3.63) is 77.4 Å². The van der Waals surface area contributed by atoms with Gasteiger partial charge in [0.2, 0.25) is 0 Å². The Hall–Kier alpha value is -3.50. The van der Waals surface area contributed by atoms with Crippen molar-refractivity contribution in [3.63, 3.8) is 0 Å². The number of nitrogens with zero attached hydrogens (tertiary/aromatic N) is 3. The minimum Gasteiger partial charge on any atom is -0.347 e. The van der Waals surface area contributed by atoms with Crippen LogP contribution in [-0.4, -0.2) is 20.9 Å². The van der Waals surface area contributed by atoms with Crippen LogP contribution in [0.4, 0.5) is 26.3 Å². The molecule has 0 saturated carbocycles. The van der Waals surface area contributed by atoms with Crippen LogP contribution in [0, 0.1) is 0 Å². The van der Waals surface area contributed by atoms with Gasteiger partial charge in [0.15, 0.2) is 5.82 Å². The van der Waals surface area contributed by atoms with E-state index in [0.29, 0.717) is 12.1 Å². The lowest BCUT2D eigenvalue weighted by Crippen LogP contribution is -2.25. The molecule has 0 unspecified atom stereocenters. The summed E-state index contributed by atoms with van der Waals surface area (Å²) in [7, 11) is 0. The van der Waals surface area contributed by atoms with E-state index in [2.05, 4.69) is 20.3 Å². The van der Waals surface area contributed by atoms with E-state index in [9.17, 15) is 31.1 Å². The van der Waals surface area contributed by atoms with Crippen LogP contribution in [0.2, 0.25) is 0 Å². The summed E-state index contributed by atoms with van der Waals surface area (Å²) in [6.07, 6.45) is -5.75. The second-order valence-corrected chi connectivity index (χ2v) is 6.07. The number of halogens is 6. The summed E-state index contributed by atoms with van der Waals surface area (Å²) in [6.45, 7) is -0.572. The van der Waals surface area contributed by atoms with Gasteiger partial charge in [-0.15, -0.1) is 0 Å². The van der Waals surface area contributed by atoms with E-state index in [1.807, 2.05) is 0 Å². The number of hydrogen-bond acceptors (Lipinski definition) is 4. The zero-order valence-corrected chi connectivity index (χ0v) is 14.9. The third kappa shape index (κ3) is 4.91. The van der Waals surface area contributed by atoms with Crippen molar-refractivity contribution < 1.29 is 31.1 Å². The number of aromatic nitrogens is 3. The first-order chi connectivity index (χ1) is 14.1. The maximum atomic E-state index is 13.0. The molecule has 0 radical (unpaired) electrons. The Morgan fingerprint density at radius 3 is 1.97 bits per heavy atom. The fraction of sp³-hybridized carbons (Fsp3) is 0.158. The van der Waals surface area contributed by atoms with Gasteiger partial charge in [0.05, 0.1) is 16.7 Å². The normalized spacial score (nSPS) is 11.9. The molecule has 0 fully saturated rings. The van der Waals surface area contributed by atoms with Crippen molar-refractivity contribution in [1.82, 2.24) is 20.3 Å². The number of alkyl halides is 6. The molecule has 3 aromatic rings. The van der Waals surface area contributed by atoms with Crippen molar-refractivity contribution in [2.45, 2.75) is 18.9 Å². The highest BCUT2D eigenvalue weighted by molar-refractivity contribution is 5.98. The molecule has 0 aliphatic rings. The zero-order valence-electron chi connectivity index (χ0n) is 14.9. The van der Waals surface area contributed by atoms with Crippen LogP contribution >= 0.6 is 0 Å². The van der Waals surface area contributed by atoms with E-state index in [-0.39, 0.29) is 28.7 Å². The predicted octanol–water partition coefficient (Wildman–Crippen LogP) is 4.51. The Morgan fingerprint density at radius 2 is 1.40 bits per heavy atom. The number of rotatable bonds is 4. The molecule has 2 heterocycles. The van der Waals surface area contributed by atoms with E-state index in [1.54, 1.807) is 6.07 Å². The minimum atomic E-state index is -4.97. The summed E-state index contributed by atoms with van der Waals surface area (Å²) in [5.41, 5.74) is -3.14. The van der Waals surface area contributed by atoms with E-state index in [1.165, 1.54) is 30.7 Å². The van der Waals surface area contributed by atoms with E-state index in [0.717, 1.165) is 0 Å². The Morgan fingerprint density at radius 1 is 0.833 bits per heavy atom. The van der Waals surface area contributed by atoms with Crippen molar-refractivity contribution in [3.8, 4) is 11.4 Å².